The Morgan fingerprint density at radius 2 is 1.53 bits per heavy atom. The van der Waals surface area contributed by atoms with E-state index in [0.717, 1.165) is 0 Å². The average molecular weight is 438 g/mol. The van der Waals surface area contributed by atoms with Crippen LogP contribution in [0.4, 0.5) is 4.79 Å². The number of benzene rings is 1. The Hall–Kier alpha value is -2.66. The van der Waals surface area contributed by atoms with Gasteiger partial charge in [-0.3, -0.25) is 9.59 Å². The molecule has 0 radical (unpaired) electrons. The largest absolute Gasteiger partial charge is 0.352 e. The first-order chi connectivity index (χ1) is 14.3. The first-order valence-electron chi connectivity index (χ1n) is 9.94. The number of carbonyl (C=O) groups is 3. The fourth-order valence-electron chi connectivity index (χ4n) is 3.76. The molecule has 11 heteroatoms. The third kappa shape index (κ3) is 5.28. The molecule has 0 unspecified atom stereocenters. The lowest BCUT2D eigenvalue weighted by Gasteiger charge is -2.34. The zero-order valence-electron chi connectivity index (χ0n) is 16.7. The molecule has 10 nitrogen and oxygen atoms in total. The lowest BCUT2D eigenvalue weighted by Crippen LogP contribution is -2.50. The molecule has 2 fully saturated rings. The minimum Gasteiger partial charge on any atom is -0.352 e. The van der Waals surface area contributed by atoms with E-state index in [-0.39, 0.29) is 48.7 Å². The number of hydrogen-bond acceptors (Lipinski definition) is 5. The lowest BCUT2D eigenvalue weighted by atomic mass is 10.2. The highest BCUT2D eigenvalue weighted by Gasteiger charge is 2.31. The van der Waals surface area contributed by atoms with Crippen LogP contribution in [-0.4, -0.2) is 85.7 Å². The smallest absolute Gasteiger partial charge is 0.312 e. The van der Waals surface area contributed by atoms with Crippen molar-refractivity contribution in [2.45, 2.75) is 30.2 Å². The Labute approximate surface area is 176 Å². The molecule has 0 aliphatic carbocycles. The highest BCUT2D eigenvalue weighted by atomic mass is 32.2. The molecule has 30 heavy (non-hydrogen) atoms. The minimum absolute atomic E-state index is 0.0781. The summed E-state index contributed by atoms with van der Waals surface area (Å²) in [6, 6.07) is 7.46. The van der Waals surface area contributed by atoms with Gasteiger partial charge in [0, 0.05) is 58.2 Å². The molecular formula is C19H27N5O5S. The van der Waals surface area contributed by atoms with Gasteiger partial charge in [-0.2, -0.15) is 4.31 Å². The number of likely N-dealkylation sites (tertiary alicyclic amines) is 1. The van der Waals surface area contributed by atoms with Gasteiger partial charge in [0.05, 0.1) is 4.90 Å². The molecule has 2 heterocycles. The van der Waals surface area contributed by atoms with Crippen LogP contribution in [0.5, 0.6) is 0 Å². The number of nitrogens with zero attached hydrogens (tertiary/aromatic N) is 3. The fraction of sp³-hybridized carbons (Fsp3) is 0.526. The maximum absolute atomic E-state index is 12.7. The molecule has 1 atom stereocenters. The number of primary amides is 1. The maximum Gasteiger partial charge on any atom is 0.312 e. The van der Waals surface area contributed by atoms with Crippen LogP contribution in [-0.2, 0) is 19.6 Å². The summed E-state index contributed by atoms with van der Waals surface area (Å²) < 4.78 is 26.7. The Balaban J connectivity index is 1.43. The van der Waals surface area contributed by atoms with Gasteiger partial charge in [-0.25, -0.2) is 13.2 Å². The molecule has 0 saturated carbocycles. The normalized spacial score (nSPS) is 20.2. The van der Waals surface area contributed by atoms with Crippen LogP contribution in [0.3, 0.4) is 0 Å². The van der Waals surface area contributed by atoms with E-state index >= 15 is 0 Å². The predicted octanol–water partition coefficient (Wildman–Crippen LogP) is -0.431. The number of urea groups is 1. The fourth-order valence-corrected chi connectivity index (χ4v) is 5.20. The van der Waals surface area contributed by atoms with Gasteiger partial charge >= 0.3 is 6.03 Å². The van der Waals surface area contributed by atoms with E-state index < -0.39 is 16.1 Å². The first-order valence-corrected chi connectivity index (χ1v) is 11.4. The highest BCUT2D eigenvalue weighted by Crippen LogP contribution is 2.18. The SMILES string of the molecule is NC(=O)N[C@H]1CCN(C(=O)CCC(=O)N2CCN(S(=O)(=O)c3ccccc3)CC2)C1. The van der Waals surface area contributed by atoms with Gasteiger partial charge < -0.3 is 20.9 Å². The van der Waals surface area contributed by atoms with E-state index in [2.05, 4.69) is 5.32 Å². The monoisotopic (exact) mass is 437 g/mol. The summed E-state index contributed by atoms with van der Waals surface area (Å²) in [6.45, 7) is 1.97. The molecule has 2 aliphatic rings. The van der Waals surface area contributed by atoms with Crippen LogP contribution in [0.15, 0.2) is 35.2 Å². The summed E-state index contributed by atoms with van der Waals surface area (Å²) in [5, 5.41) is 2.59. The summed E-state index contributed by atoms with van der Waals surface area (Å²) >= 11 is 0. The second-order valence-electron chi connectivity index (χ2n) is 7.43. The molecule has 2 saturated heterocycles. The van der Waals surface area contributed by atoms with Gasteiger partial charge in [-0.15, -0.1) is 0 Å². The number of rotatable bonds is 6. The molecule has 1 aromatic rings. The van der Waals surface area contributed by atoms with Gasteiger partial charge in [-0.05, 0) is 18.6 Å². The zero-order valence-corrected chi connectivity index (χ0v) is 17.5. The standard InChI is InChI=1S/C19H27N5O5S/c20-19(27)21-15-8-9-23(14-15)18(26)7-6-17(25)22-10-12-24(13-11-22)30(28,29)16-4-2-1-3-5-16/h1-5,15H,6-14H2,(H3,20,21,27)/t15-/m0/s1. The molecule has 0 aromatic heterocycles. The Morgan fingerprint density at radius 3 is 2.13 bits per heavy atom. The number of nitrogens with one attached hydrogen (secondary N) is 1. The van der Waals surface area contributed by atoms with Crippen molar-refractivity contribution < 1.29 is 22.8 Å². The van der Waals surface area contributed by atoms with Crippen LogP contribution in [0.1, 0.15) is 19.3 Å². The van der Waals surface area contributed by atoms with Crippen molar-refractivity contribution in [2.24, 2.45) is 5.73 Å². The zero-order chi connectivity index (χ0) is 21.7. The Morgan fingerprint density at radius 1 is 0.933 bits per heavy atom. The van der Waals surface area contributed by atoms with E-state index in [1.54, 1.807) is 40.1 Å². The number of sulfonamides is 1. The van der Waals surface area contributed by atoms with Crippen molar-refractivity contribution in [3.63, 3.8) is 0 Å². The second kappa shape index (κ2) is 9.43. The quantitative estimate of drug-likeness (QED) is 0.623. The van der Waals surface area contributed by atoms with Crippen molar-refractivity contribution in [1.82, 2.24) is 19.4 Å². The van der Waals surface area contributed by atoms with Crippen molar-refractivity contribution in [2.75, 3.05) is 39.3 Å². The molecule has 1 aromatic carbocycles. The molecule has 0 spiro atoms. The Bertz CT molecular complexity index is 884. The molecular weight excluding hydrogens is 410 g/mol. The van der Waals surface area contributed by atoms with Gasteiger partial charge in [0.2, 0.25) is 21.8 Å². The summed E-state index contributed by atoms with van der Waals surface area (Å²) in [5.41, 5.74) is 5.10. The summed E-state index contributed by atoms with van der Waals surface area (Å²) in [6.07, 6.45) is 0.805. The van der Waals surface area contributed by atoms with E-state index in [1.165, 1.54) is 4.31 Å². The van der Waals surface area contributed by atoms with E-state index in [1.807, 2.05) is 0 Å². The van der Waals surface area contributed by atoms with Gasteiger partial charge in [0.25, 0.3) is 0 Å². The van der Waals surface area contributed by atoms with Gasteiger partial charge in [-0.1, -0.05) is 18.2 Å². The molecule has 3 N–H and O–H groups in total. The summed E-state index contributed by atoms with van der Waals surface area (Å²) in [7, 11) is -3.57. The van der Waals surface area contributed by atoms with Crippen LogP contribution >= 0.6 is 0 Å². The maximum atomic E-state index is 12.7. The first kappa shape index (κ1) is 22.0. The van der Waals surface area contributed by atoms with Crippen molar-refractivity contribution >= 4 is 27.9 Å². The summed E-state index contributed by atoms with van der Waals surface area (Å²) in [4.78, 5) is 39.2. The minimum atomic E-state index is -3.57. The molecule has 4 amide bonds. The molecule has 2 aliphatic heterocycles. The third-order valence-corrected chi connectivity index (χ3v) is 7.33. The van der Waals surface area contributed by atoms with Crippen LogP contribution in [0.25, 0.3) is 0 Å². The van der Waals surface area contributed by atoms with E-state index in [9.17, 15) is 22.8 Å². The number of amides is 4. The van der Waals surface area contributed by atoms with E-state index in [0.29, 0.717) is 32.6 Å². The molecule has 3 rings (SSSR count). The van der Waals surface area contributed by atoms with E-state index in [4.69, 9.17) is 5.73 Å². The Kier molecular flexibility index (Phi) is 6.93. The van der Waals surface area contributed by atoms with Crippen molar-refractivity contribution in [3.05, 3.63) is 30.3 Å². The second-order valence-corrected chi connectivity index (χ2v) is 9.37. The highest BCUT2D eigenvalue weighted by molar-refractivity contribution is 7.89. The average Bonchev–Trinajstić information content (AvgIpc) is 3.20. The predicted molar refractivity (Wildman–Crippen MR) is 109 cm³/mol. The van der Waals surface area contributed by atoms with Crippen molar-refractivity contribution in [1.29, 1.82) is 0 Å². The third-order valence-electron chi connectivity index (χ3n) is 5.41. The number of piperazine rings is 1. The molecule has 164 valence electrons. The summed E-state index contributed by atoms with van der Waals surface area (Å²) in [5.74, 6) is -0.298. The van der Waals surface area contributed by atoms with Gasteiger partial charge in [0.1, 0.15) is 0 Å². The van der Waals surface area contributed by atoms with Crippen molar-refractivity contribution in [3.8, 4) is 0 Å². The van der Waals surface area contributed by atoms with Crippen LogP contribution in [0.2, 0.25) is 0 Å². The number of nitrogens with two attached hydrogens (primary N) is 1. The topological polar surface area (TPSA) is 133 Å². The van der Waals surface area contributed by atoms with Crippen LogP contribution in [0, 0.1) is 0 Å². The molecule has 0 bridgehead atoms. The lowest BCUT2D eigenvalue weighted by molar-refractivity contribution is -0.137. The number of hydrogen-bond donors (Lipinski definition) is 2. The number of carbonyl (C=O) groups excluding carboxylic acids is 3. The van der Waals surface area contributed by atoms with Gasteiger partial charge in [0.15, 0.2) is 0 Å². The van der Waals surface area contributed by atoms with Crippen LogP contribution < -0.4 is 11.1 Å².